The van der Waals surface area contributed by atoms with Crippen LogP contribution in [0.4, 0.5) is 0 Å². The SMILES string of the molecule is CCC(C)(NC(=O)CSc1nncn1C1CC1)C(=O)O. The highest BCUT2D eigenvalue weighted by Crippen LogP contribution is 2.37. The molecule has 2 rings (SSSR count). The Balaban J connectivity index is 1.88. The van der Waals surface area contributed by atoms with Gasteiger partial charge in [-0.15, -0.1) is 10.2 Å². The maximum atomic E-state index is 11.9. The van der Waals surface area contributed by atoms with Crippen molar-refractivity contribution in [2.45, 2.75) is 49.8 Å². The third-order valence-electron chi connectivity index (χ3n) is 3.41. The van der Waals surface area contributed by atoms with Gasteiger partial charge < -0.3 is 15.0 Å². The summed E-state index contributed by atoms with van der Waals surface area (Å²) >= 11 is 1.28. The largest absolute Gasteiger partial charge is 0.480 e. The first kappa shape index (κ1) is 14.8. The summed E-state index contributed by atoms with van der Waals surface area (Å²) in [4.78, 5) is 23.0. The highest BCUT2D eigenvalue weighted by Gasteiger charge is 2.33. The molecule has 1 amide bonds. The van der Waals surface area contributed by atoms with Crippen LogP contribution >= 0.6 is 11.8 Å². The number of hydrogen-bond acceptors (Lipinski definition) is 5. The Morgan fingerprint density at radius 3 is 2.85 bits per heavy atom. The van der Waals surface area contributed by atoms with Crippen molar-refractivity contribution in [3.05, 3.63) is 6.33 Å². The van der Waals surface area contributed by atoms with Crippen molar-refractivity contribution >= 4 is 23.6 Å². The number of nitrogens with one attached hydrogen (secondary N) is 1. The molecule has 0 saturated heterocycles. The summed E-state index contributed by atoms with van der Waals surface area (Å²) < 4.78 is 1.97. The van der Waals surface area contributed by atoms with Crippen molar-refractivity contribution in [1.29, 1.82) is 0 Å². The minimum atomic E-state index is -1.22. The molecule has 0 bridgehead atoms. The van der Waals surface area contributed by atoms with Crippen molar-refractivity contribution in [2.24, 2.45) is 0 Å². The van der Waals surface area contributed by atoms with E-state index in [1.165, 1.54) is 18.7 Å². The van der Waals surface area contributed by atoms with Crippen molar-refractivity contribution in [1.82, 2.24) is 20.1 Å². The van der Waals surface area contributed by atoms with E-state index in [2.05, 4.69) is 15.5 Å². The first-order valence-electron chi connectivity index (χ1n) is 6.53. The molecule has 1 atom stereocenters. The number of nitrogens with zero attached hydrogens (tertiary/aromatic N) is 3. The number of aliphatic carboxylic acids is 1. The molecular formula is C12H18N4O3S. The molecule has 1 unspecified atom stereocenters. The molecule has 7 nitrogen and oxygen atoms in total. The van der Waals surface area contributed by atoms with E-state index in [0.29, 0.717) is 17.6 Å². The molecule has 0 radical (unpaired) electrons. The summed E-state index contributed by atoms with van der Waals surface area (Å²) in [6.07, 6.45) is 4.23. The van der Waals surface area contributed by atoms with Crippen LogP contribution in [-0.4, -0.2) is 43.0 Å². The Morgan fingerprint density at radius 1 is 1.60 bits per heavy atom. The average molecular weight is 298 g/mol. The number of thioether (sulfide) groups is 1. The summed E-state index contributed by atoms with van der Waals surface area (Å²) in [7, 11) is 0. The van der Waals surface area contributed by atoms with Gasteiger partial charge in [-0.05, 0) is 26.2 Å². The third kappa shape index (κ3) is 3.30. The second-order valence-electron chi connectivity index (χ2n) is 5.08. The zero-order chi connectivity index (χ0) is 14.8. The highest BCUT2D eigenvalue weighted by molar-refractivity contribution is 7.99. The molecule has 0 aliphatic heterocycles. The summed E-state index contributed by atoms with van der Waals surface area (Å²) in [6, 6.07) is 0.454. The molecule has 1 heterocycles. The van der Waals surface area contributed by atoms with E-state index < -0.39 is 11.5 Å². The summed E-state index contributed by atoms with van der Waals surface area (Å²) in [5.74, 6) is -1.21. The molecule has 1 aromatic heterocycles. The molecule has 20 heavy (non-hydrogen) atoms. The molecule has 1 saturated carbocycles. The van der Waals surface area contributed by atoms with Gasteiger partial charge in [0.2, 0.25) is 5.91 Å². The minimum Gasteiger partial charge on any atom is -0.480 e. The fourth-order valence-corrected chi connectivity index (χ4v) is 2.49. The lowest BCUT2D eigenvalue weighted by Gasteiger charge is -2.24. The standard InChI is InChI=1S/C12H18N4O3S/c1-3-12(2,10(18)19)14-9(17)6-20-11-15-13-7-16(11)8-4-5-8/h7-8H,3-6H2,1-2H3,(H,14,17)(H,18,19). The van der Waals surface area contributed by atoms with Crippen molar-refractivity contribution in [2.75, 3.05) is 5.75 Å². The van der Waals surface area contributed by atoms with E-state index in [1.54, 1.807) is 13.3 Å². The van der Waals surface area contributed by atoms with Crippen LogP contribution in [-0.2, 0) is 9.59 Å². The highest BCUT2D eigenvalue weighted by atomic mass is 32.2. The lowest BCUT2D eigenvalue weighted by Crippen LogP contribution is -2.52. The zero-order valence-electron chi connectivity index (χ0n) is 11.5. The number of carbonyl (C=O) groups is 2. The van der Waals surface area contributed by atoms with E-state index >= 15 is 0 Å². The lowest BCUT2D eigenvalue weighted by atomic mass is 9.99. The number of amides is 1. The molecule has 2 N–H and O–H groups in total. The van der Waals surface area contributed by atoms with Gasteiger partial charge in [0.25, 0.3) is 0 Å². The monoisotopic (exact) mass is 298 g/mol. The van der Waals surface area contributed by atoms with Gasteiger partial charge in [-0.3, -0.25) is 4.79 Å². The molecular weight excluding hydrogens is 280 g/mol. The molecule has 110 valence electrons. The van der Waals surface area contributed by atoms with E-state index in [0.717, 1.165) is 12.8 Å². The Kier molecular flexibility index (Phi) is 4.32. The molecule has 1 aliphatic carbocycles. The maximum Gasteiger partial charge on any atom is 0.329 e. The number of carbonyl (C=O) groups excluding carboxylic acids is 1. The number of aromatic nitrogens is 3. The molecule has 1 aromatic rings. The zero-order valence-corrected chi connectivity index (χ0v) is 12.3. The van der Waals surface area contributed by atoms with Crippen LogP contribution in [0.2, 0.25) is 0 Å². The lowest BCUT2D eigenvalue weighted by molar-refractivity contribution is -0.146. The molecule has 8 heteroatoms. The van der Waals surface area contributed by atoms with Crippen LogP contribution in [0.3, 0.4) is 0 Å². The Hall–Kier alpha value is -1.57. The number of hydrogen-bond donors (Lipinski definition) is 2. The first-order valence-corrected chi connectivity index (χ1v) is 7.51. The second-order valence-corrected chi connectivity index (χ2v) is 6.02. The van der Waals surface area contributed by atoms with Gasteiger partial charge in [0.15, 0.2) is 5.16 Å². The Labute approximate surface area is 121 Å². The fourth-order valence-electron chi connectivity index (χ4n) is 1.71. The van der Waals surface area contributed by atoms with Gasteiger partial charge >= 0.3 is 5.97 Å². The van der Waals surface area contributed by atoms with Crippen LogP contribution in [0.25, 0.3) is 0 Å². The van der Waals surface area contributed by atoms with Crippen LogP contribution < -0.4 is 5.32 Å². The van der Waals surface area contributed by atoms with E-state index in [4.69, 9.17) is 5.11 Å². The van der Waals surface area contributed by atoms with Gasteiger partial charge in [0.1, 0.15) is 11.9 Å². The minimum absolute atomic E-state index is 0.133. The van der Waals surface area contributed by atoms with Crippen LogP contribution in [0.15, 0.2) is 11.5 Å². The fraction of sp³-hybridized carbons (Fsp3) is 0.667. The topological polar surface area (TPSA) is 97.1 Å². The van der Waals surface area contributed by atoms with Gasteiger partial charge in [0, 0.05) is 6.04 Å². The molecule has 0 aromatic carbocycles. The van der Waals surface area contributed by atoms with Gasteiger partial charge in [-0.2, -0.15) is 0 Å². The second kappa shape index (κ2) is 5.82. The summed E-state index contributed by atoms with van der Waals surface area (Å²) in [5, 5.41) is 20.2. The normalized spacial score (nSPS) is 17.5. The van der Waals surface area contributed by atoms with Crippen LogP contribution in [0, 0.1) is 0 Å². The Morgan fingerprint density at radius 2 is 2.30 bits per heavy atom. The van der Waals surface area contributed by atoms with Crippen LogP contribution in [0.5, 0.6) is 0 Å². The molecule has 0 spiro atoms. The third-order valence-corrected chi connectivity index (χ3v) is 4.36. The predicted molar refractivity (Wildman–Crippen MR) is 73.5 cm³/mol. The number of carboxylic acids is 1. The predicted octanol–water partition coefficient (Wildman–Crippen LogP) is 1.07. The summed E-state index contributed by atoms with van der Waals surface area (Å²) in [5.41, 5.74) is -1.22. The first-order chi connectivity index (χ1) is 9.46. The van der Waals surface area contributed by atoms with Gasteiger partial charge in [0.05, 0.1) is 5.75 Å². The van der Waals surface area contributed by atoms with Gasteiger partial charge in [-0.1, -0.05) is 18.7 Å². The van der Waals surface area contributed by atoms with Crippen molar-refractivity contribution < 1.29 is 14.7 Å². The van der Waals surface area contributed by atoms with E-state index in [1.807, 2.05) is 4.57 Å². The number of carboxylic acid groups (broad SMARTS) is 1. The van der Waals surface area contributed by atoms with Gasteiger partial charge in [-0.25, -0.2) is 4.79 Å². The quantitative estimate of drug-likeness (QED) is 0.731. The summed E-state index contributed by atoms with van der Waals surface area (Å²) in [6.45, 7) is 3.23. The maximum absolute atomic E-state index is 11.9. The van der Waals surface area contributed by atoms with E-state index in [-0.39, 0.29) is 11.7 Å². The average Bonchev–Trinajstić information content (AvgIpc) is 3.15. The number of rotatable bonds is 7. The van der Waals surface area contributed by atoms with Crippen molar-refractivity contribution in [3.8, 4) is 0 Å². The van der Waals surface area contributed by atoms with Crippen LogP contribution in [0.1, 0.15) is 39.2 Å². The van der Waals surface area contributed by atoms with Crippen molar-refractivity contribution in [3.63, 3.8) is 0 Å². The molecule has 1 aliphatic rings. The van der Waals surface area contributed by atoms with E-state index in [9.17, 15) is 9.59 Å². The molecule has 1 fully saturated rings. The Bertz CT molecular complexity index is 515. The smallest absolute Gasteiger partial charge is 0.329 e.